The van der Waals surface area contributed by atoms with E-state index in [1.165, 1.54) is 0 Å². The highest BCUT2D eigenvalue weighted by molar-refractivity contribution is 5.65. The summed E-state index contributed by atoms with van der Waals surface area (Å²) in [6.45, 7) is 0. The number of hydrogen-bond acceptors (Lipinski definition) is 3. The summed E-state index contributed by atoms with van der Waals surface area (Å²) in [4.78, 5) is 16.1. The van der Waals surface area contributed by atoms with Gasteiger partial charge >= 0.3 is 0 Å². The van der Waals surface area contributed by atoms with Crippen molar-refractivity contribution in [2.24, 2.45) is 0 Å². The first kappa shape index (κ1) is 13.1. The molecule has 2 heterocycles. The quantitative estimate of drug-likeness (QED) is 0.740. The van der Waals surface area contributed by atoms with Crippen molar-refractivity contribution >= 4 is 0 Å². The van der Waals surface area contributed by atoms with Gasteiger partial charge in [0.25, 0.3) is 5.56 Å². The third-order valence-corrected chi connectivity index (χ3v) is 3.23. The smallest absolute Gasteiger partial charge is 0.255 e. The molecular weight excluding hydrogens is 264 g/mol. The van der Waals surface area contributed by atoms with Crippen molar-refractivity contribution in [3.63, 3.8) is 0 Å². The summed E-state index contributed by atoms with van der Waals surface area (Å²) < 4.78 is 6.67. The molecule has 0 unspecified atom stereocenters. The molecule has 1 aromatic carbocycles. The first-order valence-corrected chi connectivity index (χ1v) is 6.56. The Morgan fingerprint density at radius 2 is 1.90 bits per heavy atom. The zero-order valence-electron chi connectivity index (χ0n) is 11.6. The van der Waals surface area contributed by atoms with Gasteiger partial charge in [-0.15, -0.1) is 0 Å². The van der Waals surface area contributed by atoms with Gasteiger partial charge in [-0.05, 0) is 29.8 Å². The Bertz CT molecular complexity index is 807. The molecule has 21 heavy (non-hydrogen) atoms. The number of aromatic nitrogens is 2. The number of pyridine rings is 2. The SMILES string of the molecule is COc1ccc(-c2cccc(-n3ccccc3=O)c2)cn1. The van der Waals surface area contributed by atoms with Crippen LogP contribution in [0.4, 0.5) is 0 Å². The number of ether oxygens (including phenoxy) is 1. The van der Waals surface area contributed by atoms with Gasteiger partial charge in [-0.3, -0.25) is 9.36 Å². The molecule has 0 amide bonds. The molecule has 0 radical (unpaired) electrons. The average Bonchev–Trinajstić information content (AvgIpc) is 2.55. The normalized spacial score (nSPS) is 10.3. The van der Waals surface area contributed by atoms with E-state index in [1.54, 1.807) is 36.2 Å². The molecule has 4 nitrogen and oxygen atoms in total. The van der Waals surface area contributed by atoms with E-state index in [9.17, 15) is 4.79 Å². The van der Waals surface area contributed by atoms with Gasteiger partial charge in [-0.1, -0.05) is 18.2 Å². The second-order valence-electron chi connectivity index (χ2n) is 4.55. The molecular formula is C17H14N2O2. The van der Waals surface area contributed by atoms with Crippen molar-refractivity contribution in [1.29, 1.82) is 0 Å². The molecule has 0 bridgehead atoms. The van der Waals surface area contributed by atoms with Crippen LogP contribution >= 0.6 is 0 Å². The van der Waals surface area contributed by atoms with Gasteiger partial charge < -0.3 is 4.74 Å². The van der Waals surface area contributed by atoms with Crippen LogP contribution in [0.25, 0.3) is 16.8 Å². The predicted octanol–water partition coefficient (Wildman–Crippen LogP) is 2.91. The Balaban J connectivity index is 2.04. The molecule has 0 aliphatic carbocycles. The number of hydrogen-bond donors (Lipinski definition) is 0. The maximum Gasteiger partial charge on any atom is 0.255 e. The lowest BCUT2D eigenvalue weighted by atomic mass is 10.1. The van der Waals surface area contributed by atoms with E-state index in [1.807, 2.05) is 42.5 Å². The minimum absolute atomic E-state index is 0.0532. The van der Waals surface area contributed by atoms with E-state index < -0.39 is 0 Å². The van der Waals surface area contributed by atoms with Crippen LogP contribution in [0.2, 0.25) is 0 Å². The van der Waals surface area contributed by atoms with Gasteiger partial charge in [0.05, 0.1) is 7.11 Å². The van der Waals surface area contributed by atoms with Crippen LogP contribution in [0, 0.1) is 0 Å². The molecule has 104 valence electrons. The fraction of sp³-hybridized carbons (Fsp3) is 0.0588. The van der Waals surface area contributed by atoms with Gasteiger partial charge in [0.15, 0.2) is 0 Å². The second-order valence-corrected chi connectivity index (χ2v) is 4.55. The van der Waals surface area contributed by atoms with Crippen molar-refractivity contribution in [2.75, 3.05) is 7.11 Å². The lowest BCUT2D eigenvalue weighted by molar-refractivity contribution is 0.398. The third-order valence-electron chi connectivity index (χ3n) is 3.23. The molecule has 2 aromatic heterocycles. The van der Waals surface area contributed by atoms with Gasteiger partial charge in [0.2, 0.25) is 5.88 Å². The van der Waals surface area contributed by atoms with Crippen LogP contribution in [0.15, 0.2) is 71.8 Å². The van der Waals surface area contributed by atoms with E-state index in [0.717, 1.165) is 16.8 Å². The van der Waals surface area contributed by atoms with Gasteiger partial charge in [-0.2, -0.15) is 0 Å². The Hall–Kier alpha value is -2.88. The highest BCUT2D eigenvalue weighted by Gasteiger charge is 2.03. The largest absolute Gasteiger partial charge is 0.481 e. The first-order chi connectivity index (χ1) is 10.3. The second kappa shape index (κ2) is 5.63. The van der Waals surface area contributed by atoms with Crippen molar-refractivity contribution < 1.29 is 4.74 Å². The molecule has 0 N–H and O–H groups in total. The molecule has 0 fully saturated rings. The first-order valence-electron chi connectivity index (χ1n) is 6.56. The lowest BCUT2D eigenvalue weighted by Gasteiger charge is -2.08. The minimum Gasteiger partial charge on any atom is -0.481 e. The summed E-state index contributed by atoms with van der Waals surface area (Å²) in [5.41, 5.74) is 2.75. The zero-order chi connectivity index (χ0) is 14.7. The Morgan fingerprint density at radius 1 is 1.00 bits per heavy atom. The maximum atomic E-state index is 11.9. The van der Waals surface area contributed by atoms with Crippen molar-refractivity contribution in [3.05, 3.63) is 77.3 Å². The van der Waals surface area contributed by atoms with E-state index in [4.69, 9.17) is 4.74 Å². The number of nitrogens with zero attached hydrogens (tertiary/aromatic N) is 2. The molecule has 3 aromatic rings. The van der Waals surface area contributed by atoms with Gasteiger partial charge in [0.1, 0.15) is 0 Å². The third kappa shape index (κ3) is 2.69. The zero-order valence-corrected chi connectivity index (χ0v) is 11.6. The van der Waals surface area contributed by atoms with Crippen LogP contribution in [0.3, 0.4) is 0 Å². The molecule has 0 spiro atoms. The van der Waals surface area contributed by atoms with E-state index in [0.29, 0.717) is 5.88 Å². The number of benzene rings is 1. The summed E-state index contributed by atoms with van der Waals surface area (Å²) in [5, 5.41) is 0. The fourth-order valence-corrected chi connectivity index (χ4v) is 2.15. The summed E-state index contributed by atoms with van der Waals surface area (Å²) in [6.07, 6.45) is 3.51. The van der Waals surface area contributed by atoms with Crippen LogP contribution < -0.4 is 10.3 Å². The standard InChI is InChI=1S/C17H14N2O2/c1-21-16-9-8-14(12-18-16)13-5-4-6-15(11-13)19-10-3-2-7-17(19)20/h2-12H,1H3. The Morgan fingerprint density at radius 3 is 2.62 bits per heavy atom. The molecule has 4 heteroatoms. The van der Waals surface area contributed by atoms with E-state index >= 15 is 0 Å². The average molecular weight is 278 g/mol. The molecule has 0 aliphatic rings. The van der Waals surface area contributed by atoms with Crippen LogP contribution in [-0.2, 0) is 0 Å². The highest BCUT2D eigenvalue weighted by atomic mass is 16.5. The molecule has 0 saturated heterocycles. The minimum atomic E-state index is -0.0532. The van der Waals surface area contributed by atoms with E-state index in [-0.39, 0.29) is 5.56 Å². The molecule has 0 saturated carbocycles. The number of methoxy groups -OCH3 is 1. The Kier molecular flexibility index (Phi) is 3.51. The van der Waals surface area contributed by atoms with Gasteiger partial charge in [-0.25, -0.2) is 4.98 Å². The molecule has 0 atom stereocenters. The van der Waals surface area contributed by atoms with Crippen LogP contribution in [0.5, 0.6) is 5.88 Å². The summed E-state index contributed by atoms with van der Waals surface area (Å²) in [7, 11) is 1.59. The summed E-state index contributed by atoms with van der Waals surface area (Å²) in [5.74, 6) is 0.578. The van der Waals surface area contributed by atoms with Crippen LogP contribution in [0.1, 0.15) is 0 Å². The fourth-order valence-electron chi connectivity index (χ4n) is 2.15. The molecule has 3 rings (SSSR count). The predicted molar refractivity (Wildman–Crippen MR) is 81.8 cm³/mol. The highest BCUT2D eigenvalue weighted by Crippen LogP contribution is 2.22. The van der Waals surface area contributed by atoms with Crippen molar-refractivity contribution in [1.82, 2.24) is 9.55 Å². The maximum absolute atomic E-state index is 11.9. The summed E-state index contributed by atoms with van der Waals surface area (Å²) >= 11 is 0. The van der Waals surface area contributed by atoms with Crippen molar-refractivity contribution in [2.45, 2.75) is 0 Å². The molecule has 0 aliphatic heterocycles. The summed E-state index contributed by atoms with van der Waals surface area (Å²) in [6, 6.07) is 16.7. The monoisotopic (exact) mass is 278 g/mol. The Labute approximate surface area is 122 Å². The topological polar surface area (TPSA) is 44.1 Å². The number of rotatable bonds is 3. The van der Waals surface area contributed by atoms with Crippen molar-refractivity contribution in [3.8, 4) is 22.7 Å². The lowest BCUT2D eigenvalue weighted by Crippen LogP contribution is -2.15. The van der Waals surface area contributed by atoms with Crippen LogP contribution in [-0.4, -0.2) is 16.7 Å². The van der Waals surface area contributed by atoms with Gasteiger partial charge in [0, 0.05) is 35.8 Å². The van der Waals surface area contributed by atoms with E-state index in [2.05, 4.69) is 4.98 Å².